The molecule has 5 nitrogen and oxygen atoms in total. The number of aliphatic hydroxyl groups is 1. The molecule has 0 atom stereocenters. The van der Waals surface area contributed by atoms with E-state index in [1.54, 1.807) is 18.2 Å². The van der Waals surface area contributed by atoms with Gasteiger partial charge in [0, 0.05) is 24.6 Å². The number of carbonyl (C=O) groups excluding carboxylic acids is 1. The van der Waals surface area contributed by atoms with Gasteiger partial charge in [0.15, 0.2) is 0 Å². The maximum absolute atomic E-state index is 11.9. The number of anilines is 2. The van der Waals surface area contributed by atoms with Crippen LogP contribution in [0.15, 0.2) is 18.2 Å². The van der Waals surface area contributed by atoms with Crippen molar-refractivity contribution in [2.45, 2.75) is 25.7 Å². The Morgan fingerprint density at radius 2 is 2.10 bits per heavy atom. The Kier molecular flexibility index (Phi) is 8.12. The van der Waals surface area contributed by atoms with E-state index in [0.717, 1.165) is 25.8 Å². The highest BCUT2D eigenvalue weighted by Crippen LogP contribution is 2.22. The van der Waals surface area contributed by atoms with Crippen molar-refractivity contribution in [2.24, 2.45) is 0 Å². The smallest absolute Gasteiger partial charge is 0.225 e. The number of hydrogen-bond acceptors (Lipinski definition) is 4. The number of aliphatic hydroxyl groups excluding tert-OH is 1. The summed E-state index contributed by atoms with van der Waals surface area (Å²) in [5.41, 5.74) is 6.84. The number of carbonyl (C=O) groups is 1. The standard InChI is InChI=1S/C15H24ClN3O2/c1-19(8-3-2-4-10-20)9-7-15(21)18-14-11-12(16)5-6-13(14)17/h5-6,11,20H,2-4,7-10,17H2,1H3,(H,18,21). The zero-order chi connectivity index (χ0) is 15.7. The Hall–Kier alpha value is -1.30. The van der Waals surface area contributed by atoms with Crippen LogP contribution in [-0.2, 0) is 4.79 Å². The highest BCUT2D eigenvalue weighted by molar-refractivity contribution is 6.31. The fraction of sp³-hybridized carbons (Fsp3) is 0.533. The molecule has 0 fully saturated rings. The second-order valence-corrected chi connectivity index (χ2v) is 5.55. The van der Waals surface area contributed by atoms with Gasteiger partial charge in [0.25, 0.3) is 0 Å². The molecule has 0 unspecified atom stereocenters. The quantitative estimate of drug-likeness (QED) is 0.483. The number of hydrogen-bond donors (Lipinski definition) is 3. The third-order valence-electron chi connectivity index (χ3n) is 3.21. The van der Waals surface area contributed by atoms with Crippen molar-refractivity contribution >= 4 is 28.9 Å². The second-order valence-electron chi connectivity index (χ2n) is 5.12. The van der Waals surface area contributed by atoms with Crippen molar-refractivity contribution in [3.8, 4) is 0 Å². The maximum Gasteiger partial charge on any atom is 0.225 e. The number of nitrogens with one attached hydrogen (secondary N) is 1. The van der Waals surface area contributed by atoms with Crippen LogP contribution in [0.25, 0.3) is 0 Å². The summed E-state index contributed by atoms with van der Waals surface area (Å²) >= 11 is 5.88. The van der Waals surface area contributed by atoms with Crippen LogP contribution in [0.1, 0.15) is 25.7 Å². The SMILES string of the molecule is CN(CCCCCO)CCC(=O)Nc1cc(Cl)ccc1N. The van der Waals surface area contributed by atoms with E-state index in [9.17, 15) is 4.79 Å². The summed E-state index contributed by atoms with van der Waals surface area (Å²) in [4.78, 5) is 14.0. The minimum absolute atomic E-state index is 0.0776. The third-order valence-corrected chi connectivity index (χ3v) is 3.44. The second kappa shape index (κ2) is 9.60. The van der Waals surface area contributed by atoms with Gasteiger partial charge in [-0.15, -0.1) is 0 Å². The molecule has 1 aromatic carbocycles. The molecule has 1 amide bonds. The zero-order valence-corrected chi connectivity index (χ0v) is 13.2. The number of unbranched alkanes of at least 4 members (excludes halogenated alkanes) is 2. The minimum Gasteiger partial charge on any atom is -0.397 e. The monoisotopic (exact) mass is 313 g/mol. The lowest BCUT2D eigenvalue weighted by Crippen LogP contribution is -2.25. The fourth-order valence-corrected chi connectivity index (χ4v) is 2.10. The molecular weight excluding hydrogens is 290 g/mol. The van der Waals surface area contributed by atoms with E-state index in [1.165, 1.54) is 0 Å². The fourth-order valence-electron chi connectivity index (χ4n) is 1.92. The van der Waals surface area contributed by atoms with Crippen LogP contribution in [0.3, 0.4) is 0 Å². The molecule has 0 aliphatic carbocycles. The van der Waals surface area contributed by atoms with Crippen LogP contribution in [0.5, 0.6) is 0 Å². The molecule has 0 saturated heterocycles. The Balaban J connectivity index is 2.29. The number of nitrogen functional groups attached to an aromatic ring is 1. The Morgan fingerprint density at radius 3 is 2.81 bits per heavy atom. The highest BCUT2D eigenvalue weighted by atomic mass is 35.5. The first-order valence-corrected chi connectivity index (χ1v) is 7.55. The first-order chi connectivity index (χ1) is 10.0. The molecule has 118 valence electrons. The minimum atomic E-state index is -0.0776. The number of nitrogens with zero attached hydrogens (tertiary/aromatic N) is 1. The molecule has 0 aromatic heterocycles. The van der Waals surface area contributed by atoms with Crippen molar-refractivity contribution in [1.82, 2.24) is 4.90 Å². The normalized spacial score (nSPS) is 10.9. The molecule has 4 N–H and O–H groups in total. The molecular formula is C15H24ClN3O2. The van der Waals surface area contributed by atoms with Gasteiger partial charge in [0.1, 0.15) is 0 Å². The number of nitrogens with two attached hydrogens (primary N) is 1. The Bertz CT molecular complexity index is 455. The van der Waals surface area contributed by atoms with E-state index in [1.807, 2.05) is 7.05 Å². The number of halogens is 1. The summed E-state index contributed by atoms with van der Waals surface area (Å²) in [5, 5.41) is 12.0. The molecule has 21 heavy (non-hydrogen) atoms. The maximum atomic E-state index is 11.9. The molecule has 0 heterocycles. The lowest BCUT2D eigenvalue weighted by atomic mass is 10.2. The van der Waals surface area contributed by atoms with E-state index in [-0.39, 0.29) is 12.5 Å². The van der Waals surface area contributed by atoms with Crippen LogP contribution in [0.2, 0.25) is 5.02 Å². The van der Waals surface area contributed by atoms with Crippen LogP contribution in [0.4, 0.5) is 11.4 Å². The molecule has 0 aliphatic heterocycles. The van der Waals surface area contributed by atoms with Gasteiger partial charge < -0.3 is 21.1 Å². The van der Waals surface area contributed by atoms with Gasteiger partial charge in [0.05, 0.1) is 11.4 Å². The highest BCUT2D eigenvalue weighted by Gasteiger charge is 2.07. The van der Waals surface area contributed by atoms with Gasteiger partial charge in [-0.3, -0.25) is 4.79 Å². The molecule has 0 bridgehead atoms. The molecule has 0 saturated carbocycles. The number of benzene rings is 1. The summed E-state index contributed by atoms with van der Waals surface area (Å²) < 4.78 is 0. The van der Waals surface area contributed by atoms with Crippen molar-refractivity contribution in [1.29, 1.82) is 0 Å². The average molecular weight is 314 g/mol. The van der Waals surface area contributed by atoms with E-state index in [4.69, 9.17) is 22.4 Å². The van der Waals surface area contributed by atoms with Gasteiger partial charge >= 0.3 is 0 Å². The average Bonchev–Trinajstić information content (AvgIpc) is 2.45. The van der Waals surface area contributed by atoms with Gasteiger partial charge in [0.2, 0.25) is 5.91 Å². The van der Waals surface area contributed by atoms with Crippen molar-refractivity contribution in [3.63, 3.8) is 0 Å². The summed E-state index contributed by atoms with van der Waals surface area (Å²) in [5.74, 6) is -0.0776. The number of rotatable bonds is 9. The van der Waals surface area contributed by atoms with Crippen molar-refractivity contribution in [3.05, 3.63) is 23.2 Å². The van der Waals surface area contributed by atoms with E-state index in [2.05, 4.69) is 10.2 Å². The van der Waals surface area contributed by atoms with Crippen molar-refractivity contribution < 1.29 is 9.90 Å². The molecule has 1 aromatic rings. The molecule has 6 heteroatoms. The lowest BCUT2D eigenvalue weighted by Gasteiger charge is -2.16. The molecule has 1 rings (SSSR count). The molecule has 0 spiro atoms. The first kappa shape index (κ1) is 17.8. The topological polar surface area (TPSA) is 78.6 Å². The van der Waals surface area contributed by atoms with Gasteiger partial charge in [-0.05, 0) is 51.1 Å². The summed E-state index contributed by atoms with van der Waals surface area (Å²) in [6.07, 6.45) is 3.27. The van der Waals surface area contributed by atoms with E-state index >= 15 is 0 Å². The van der Waals surface area contributed by atoms with E-state index in [0.29, 0.717) is 29.4 Å². The summed E-state index contributed by atoms with van der Waals surface area (Å²) in [7, 11) is 1.99. The number of amides is 1. The Morgan fingerprint density at radius 1 is 1.33 bits per heavy atom. The van der Waals surface area contributed by atoms with Gasteiger partial charge in [-0.25, -0.2) is 0 Å². The summed E-state index contributed by atoms with van der Waals surface area (Å²) in [6, 6.07) is 5.01. The van der Waals surface area contributed by atoms with Gasteiger partial charge in [-0.2, -0.15) is 0 Å². The largest absolute Gasteiger partial charge is 0.397 e. The molecule has 0 radical (unpaired) electrons. The van der Waals surface area contributed by atoms with Gasteiger partial charge in [-0.1, -0.05) is 11.6 Å². The van der Waals surface area contributed by atoms with Crippen LogP contribution in [0, 0.1) is 0 Å². The summed E-state index contributed by atoms with van der Waals surface area (Å²) in [6.45, 7) is 1.85. The predicted molar refractivity (Wildman–Crippen MR) is 87.5 cm³/mol. The predicted octanol–water partition coefficient (Wildman–Crippen LogP) is 2.35. The van der Waals surface area contributed by atoms with Crippen LogP contribution < -0.4 is 11.1 Å². The van der Waals surface area contributed by atoms with E-state index < -0.39 is 0 Å². The third kappa shape index (κ3) is 7.32. The molecule has 0 aliphatic rings. The zero-order valence-electron chi connectivity index (χ0n) is 12.4. The van der Waals surface area contributed by atoms with Crippen LogP contribution >= 0.6 is 11.6 Å². The lowest BCUT2D eigenvalue weighted by molar-refractivity contribution is -0.116. The van der Waals surface area contributed by atoms with Crippen molar-refractivity contribution in [2.75, 3.05) is 37.8 Å². The Labute approximate surface area is 131 Å². The first-order valence-electron chi connectivity index (χ1n) is 7.17. The van der Waals surface area contributed by atoms with Crippen LogP contribution in [-0.4, -0.2) is 42.7 Å².